The number of halogens is 1. The van der Waals surface area contributed by atoms with Gasteiger partial charge in [0.1, 0.15) is 18.2 Å². The molecular weight excluding hydrogens is 476 g/mol. The molecule has 0 aliphatic rings. The Kier molecular flexibility index (Phi) is 8.06. The Morgan fingerprint density at radius 1 is 1.03 bits per heavy atom. The van der Waals surface area contributed by atoms with Gasteiger partial charge >= 0.3 is 5.97 Å². The maximum atomic E-state index is 13.4. The van der Waals surface area contributed by atoms with Gasteiger partial charge in [-0.2, -0.15) is 0 Å². The minimum atomic E-state index is -0.380. The fourth-order valence-corrected chi connectivity index (χ4v) is 4.29. The molecule has 0 spiro atoms. The minimum absolute atomic E-state index is 0.0401. The zero-order chi connectivity index (χ0) is 25.7. The van der Waals surface area contributed by atoms with E-state index in [1.54, 1.807) is 16.7 Å². The van der Waals surface area contributed by atoms with Crippen LogP contribution in [0.1, 0.15) is 52.6 Å². The second kappa shape index (κ2) is 11.4. The van der Waals surface area contributed by atoms with Crippen molar-refractivity contribution in [2.75, 3.05) is 7.11 Å². The fraction of sp³-hybridized carbons (Fsp3) is 0.276. The zero-order valence-electron chi connectivity index (χ0n) is 20.7. The lowest BCUT2D eigenvalue weighted by molar-refractivity contribution is 0.0600. The van der Waals surface area contributed by atoms with Crippen LogP contribution in [0.15, 0.2) is 65.5 Å². The number of methoxy groups -OCH3 is 1. The molecule has 0 N–H and O–H groups in total. The molecule has 7 heteroatoms. The average molecular weight is 505 g/mol. The minimum Gasteiger partial charge on any atom is -0.487 e. The second-order valence-corrected chi connectivity index (χ2v) is 9.19. The Balaban J connectivity index is 1.54. The highest BCUT2D eigenvalue weighted by Gasteiger charge is 2.13. The van der Waals surface area contributed by atoms with E-state index in [0.717, 1.165) is 47.3 Å². The number of hydrogen-bond acceptors (Lipinski definition) is 5. The van der Waals surface area contributed by atoms with Crippen molar-refractivity contribution < 1.29 is 14.3 Å². The highest BCUT2D eigenvalue weighted by atomic mass is 35.5. The summed E-state index contributed by atoms with van der Waals surface area (Å²) in [5.74, 6) is 0.947. The number of unbranched alkanes of at least 4 members (excludes halogenated alkanes) is 1. The van der Waals surface area contributed by atoms with Gasteiger partial charge < -0.3 is 9.47 Å². The van der Waals surface area contributed by atoms with Crippen molar-refractivity contribution in [1.29, 1.82) is 0 Å². The molecular formula is C29H29ClN2O4. The van der Waals surface area contributed by atoms with E-state index in [0.29, 0.717) is 34.9 Å². The average Bonchev–Trinajstić information content (AvgIpc) is 2.89. The van der Waals surface area contributed by atoms with Gasteiger partial charge in [0.25, 0.3) is 5.56 Å². The van der Waals surface area contributed by atoms with Crippen LogP contribution in [0.5, 0.6) is 5.75 Å². The van der Waals surface area contributed by atoms with Crippen molar-refractivity contribution in [1.82, 2.24) is 9.55 Å². The summed E-state index contributed by atoms with van der Waals surface area (Å²) in [7, 11) is 1.35. The molecule has 4 rings (SSSR count). The molecule has 0 fully saturated rings. The van der Waals surface area contributed by atoms with E-state index in [2.05, 4.69) is 6.92 Å². The summed E-state index contributed by atoms with van der Waals surface area (Å²) >= 11 is 6.54. The Labute approximate surface area is 215 Å². The molecule has 3 aromatic carbocycles. The standard InChI is InChI=1S/C29H29ClN2O4/c1-4-5-6-27-31-25-13-7-19(2)15-23(25)28(33)32(27)17-21-10-14-26(24(30)16-21)36-18-20-8-11-22(12-9-20)29(34)35-3/h7-16H,4-6,17-18H2,1-3H3. The number of carbonyl (C=O) groups excluding carboxylic acids is 1. The van der Waals surface area contributed by atoms with Crippen LogP contribution in [-0.2, 0) is 24.3 Å². The number of ether oxygens (including phenoxy) is 2. The van der Waals surface area contributed by atoms with Gasteiger partial charge in [-0.1, -0.05) is 54.8 Å². The van der Waals surface area contributed by atoms with Gasteiger partial charge in [-0.25, -0.2) is 9.78 Å². The quantitative estimate of drug-likeness (QED) is 0.257. The van der Waals surface area contributed by atoms with E-state index in [-0.39, 0.29) is 11.5 Å². The lowest BCUT2D eigenvalue weighted by Crippen LogP contribution is -2.26. The van der Waals surface area contributed by atoms with Crippen LogP contribution in [0.2, 0.25) is 5.02 Å². The lowest BCUT2D eigenvalue weighted by Gasteiger charge is -2.15. The third kappa shape index (κ3) is 5.77. The van der Waals surface area contributed by atoms with Crippen molar-refractivity contribution in [3.63, 3.8) is 0 Å². The molecule has 186 valence electrons. The Bertz CT molecular complexity index is 1440. The van der Waals surface area contributed by atoms with E-state index in [1.165, 1.54) is 7.11 Å². The van der Waals surface area contributed by atoms with Crippen molar-refractivity contribution in [2.45, 2.75) is 46.3 Å². The summed E-state index contributed by atoms with van der Waals surface area (Å²) in [6, 6.07) is 18.4. The van der Waals surface area contributed by atoms with Gasteiger partial charge in [0.15, 0.2) is 0 Å². The molecule has 0 amide bonds. The fourth-order valence-electron chi connectivity index (χ4n) is 4.03. The first-order chi connectivity index (χ1) is 17.4. The SMILES string of the molecule is CCCCc1nc2ccc(C)cc2c(=O)n1Cc1ccc(OCc2ccc(C(=O)OC)cc2)c(Cl)c1. The number of nitrogens with zero attached hydrogens (tertiary/aromatic N) is 2. The first-order valence-corrected chi connectivity index (χ1v) is 12.4. The summed E-state index contributed by atoms with van der Waals surface area (Å²) in [5.41, 5.74) is 3.99. The third-order valence-electron chi connectivity index (χ3n) is 6.05. The summed E-state index contributed by atoms with van der Waals surface area (Å²) in [6.07, 6.45) is 2.71. The summed E-state index contributed by atoms with van der Waals surface area (Å²) < 4.78 is 12.4. The molecule has 0 atom stereocenters. The van der Waals surface area contributed by atoms with Gasteiger partial charge in [-0.3, -0.25) is 9.36 Å². The van der Waals surface area contributed by atoms with Crippen LogP contribution in [0, 0.1) is 6.92 Å². The predicted molar refractivity (Wildman–Crippen MR) is 142 cm³/mol. The van der Waals surface area contributed by atoms with Crippen LogP contribution in [-0.4, -0.2) is 22.6 Å². The first kappa shape index (κ1) is 25.5. The lowest BCUT2D eigenvalue weighted by atomic mass is 10.1. The van der Waals surface area contributed by atoms with Gasteiger partial charge in [-0.05, 0) is 60.9 Å². The van der Waals surface area contributed by atoms with Crippen LogP contribution in [0.25, 0.3) is 10.9 Å². The highest BCUT2D eigenvalue weighted by molar-refractivity contribution is 6.32. The predicted octanol–water partition coefficient (Wildman–Crippen LogP) is 6.11. The van der Waals surface area contributed by atoms with Crippen molar-refractivity contribution in [3.8, 4) is 5.75 Å². The molecule has 1 heterocycles. The Morgan fingerprint density at radius 2 is 1.78 bits per heavy atom. The zero-order valence-corrected chi connectivity index (χ0v) is 21.5. The summed E-state index contributed by atoms with van der Waals surface area (Å²) in [5, 5.41) is 1.09. The van der Waals surface area contributed by atoms with Crippen LogP contribution in [0.4, 0.5) is 0 Å². The van der Waals surface area contributed by atoms with Crippen molar-refractivity contribution >= 4 is 28.5 Å². The number of aryl methyl sites for hydroxylation is 2. The number of benzene rings is 3. The molecule has 0 saturated heterocycles. The number of hydrogen-bond donors (Lipinski definition) is 0. The maximum Gasteiger partial charge on any atom is 0.337 e. The molecule has 0 saturated carbocycles. The van der Waals surface area contributed by atoms with Crippen molar-refractivity contribution in [3.05, 3.63) is 104 Å². The number of carbonyl (C=O) groups is 1. The van der Waals surface area contributed by atoms with E-state index in [4.69, 9.17) is 26.1 Å². The van der Waals surface area contributed by atoms with Crippen LogP contribution in [0.3, 0.4) is 0 Å². The molecule has 6 nitrogen and oxygen atoms in total. The second-order valence-electron chi connectivity index (χ2n) is 8.79. The topological polar surface area (TPSA) is 70.4 Å². The van der Waals surface area contributed by atoms with Crippen LogP contribution >= 0.6 is 11.6 Å². The number of esters is 1. The molecule has 0 aliphatic carbocycles. The number of rotatable bonds is 9. The van der Waals surface area contributed by atoms with Gasteiger partial charge in [0.05, 0.1) is 35.1 Å². The van der Waals surface area contributed by atoms with Gasteiger partial charge in [0, 0.05) is 6.42 Å². The highest BCUT2D eigenvalue weighted by Crippen LogP contribution is 2.27. The third-order valence-corrected chi connectivity index (χ3v) is 6.34. The van der Waals surface area contributed by atoms with Gasteiger partial charge in [0.2, 0.25) is 0 Å². The van der Waals surface area contributed by atoms with Crippen molar-refractivity contribution in [2.24, 2.45) is 0 Å². The summed E-state index contributed by atoms with van der Waals surface area (Å²) in [4.78, 5) is 29.8. The molecule has 0 radical (unpaired) electrons. The Hall–Kier alpha value is -3.64. The molecule has 36 heavy (non-hydrogen) atoms. The largest absolute Gasteiger partial charge is 0.487 e. The number of fused-ring (bicyclic) bond motifs is 1. The molecule has 4 aromatic rings. The maximum absolute atomic E-state index is 13.4. The van der Waals surface area contributed by atoms with E-state index < -0.39 is 0 Å². The molecule has 0 unspecified atom stereocenters. The first-order valence-electron chi connectivity index (χ1n) is 12.0. The monoisotopic (exact) mass is 504 g/mol. The normalized spacial score (nSPS) is 11.0. The van der Waals surface area contributed by atoms with Gasteiger partial charge in [-0.15, -0.1) is 0 Å². The van der Waals surface area contributed by atoms with E-state index >= 15 is 0 Å². The van der Waals surface area contributed by atoms with E-state index in [1.807, 2.05) is 55.5 Å². The molecule has 0 aliphatic heterocycles. The number of aromatic nitrogens is 2. The molecule has 0 bridgehead atoms. The van der Waals surface area contributed by atoms with E-state index in [9.17, 15) is 9.59 Å². The smallest absolute Gasteiger partial charge is 0.337 e. The summed E-state index contributed by atoms with van der Waals surface area (Å²) in [6.45, 7) is 4.78. The molecule has 1 aromatic heterocycles. The van der Waals surface area contributed by atoms with Crippen LogP contribution < -0.4 is 10.3 Å². The Morgan fingerprint density at radius 3 is 2.47 bits per heavy atom.